The van der Waals surface area contributed by atoms with Gasteiger partial charge in [-0.15, -0.1) is 0 Å². The second kappa shape index (κ2) is 8.65. The van der Waals surface area contributed by atoms with Gasteiger partial charge >= 0.3 is 0 Å². The fraction of sp³-hybridized carbons (Fsp3) is 0.100. The molecule has 6 aromatic rings. The van der Waals surface area contributed by atoms with E-state index in [2.05, 4.69) is 81.9 Å². The number of fused-ring (bicyclic) bond motifs is 3. The average molecular weight is 444 g/mol. The topological polar surface area (TPSA) is 43.0 Å². The molecule has 4 nitrogen and oxygen atoms in total. The van der Waals surface area contributed by atoms with E-state index in [0.29, 0.717) is 13.1 Å². The van der Waals surface area contributed by atoms with Gasteiger partial charge in [0, 0.05) is 32.9 Å². The van der Waals surface area contributed by atoms with Gasteiger partial charge in [-0.25, -0.2) is 4.98 Å². The van der Waals surface area contributed by atoms with E-state index in [1.54, 1.807) is 0 Å². The highest BCUT2D eigenvalue weighted by Crippen LogP contribution is 2.32. The maximum Gasteiger partial charge on any atom is 0.0963 e. The summed E-state index contributed by atoms with van der Waals surface area (Å²) in [5.74, 6) is 0. The molecule has 0 spiro atoms. The number of hydrogen-bond acceptors (Lipinski definition) is 2. The second-order valence-corrected chi connectivity index (χ2v) is 8.62. The van der Waals surface area contributed by atoms with Crippen LogP contribution in [0.4, 0.5) is 0 Å². The Morgan fingerprint density at radius 2 is 1.15 bits per heavy atom. The Bertz CT molecular complexity index is 1510. The lowest BCUT2D eigenvalue weighted by atomic mass is 10.0. The molecule has 0 saturated heterocycles. The Morgan fingerprint density at radius 1 is 0.618 bits per heavy atom. The van der Waals surface area contributed by atoms with Crippen LogP contribution >= 0.6 is 0 Å². The van der Waals surface area contributed by atoms with Crippen LogP contribution in [0.5, 0.6) is 0 Å². The van der Waals surface area contributed by atoms with Crippen molar-refractivity contribution in [2.24, 2.45) is 0 Å². The number of benzene rings is 4. The third-order valence-electron chi connectivity index (χ3n) is 6.41. The molecule has 4 heteroatoms. The smallest absolute Gasteiger partial charge is 0.0963 e. The van der Waals surface area contributed by atoms with Crippen molar-refractivity contribution in [3.05, 3.63) is 116 Å². The standard InChI is InChI=1S/C30H25N3O/c34-24(20-33-27-17-9-7-15-25(27)26-16-8-10-18-28(26)33)19-32-21-31-29(22-11-3-1-4-12-22)30(32)23-13-5-2-6-14-23/h1-18,21,24,34H,19-20H2. The van der Waals surface area contributed by atoms with Crippen LogP contribution in [0.2, 0.25) is 0 Å². The number of aromatic nitrogens is 3. The van der Waals surface area contributed by atoms with Gasteiger partial charge < -0.3 is 14.2 Å². The van der Waals surface area contributed by atoms with Gasteiger partial charge in [-0.05, 0) is 12.1 Å². The molecule has 0 saturated carbocycles. The normalized spacial score (nSPS) is 12.4. The summed E-state index contributed by atoms with van der Waals surface area (Å²) < 4.78 is 4.31. The van der Waals surface area contributed by atoms with Crippen LogP contribution in [-0.2, 0) is 13.1 Å². The van der Waals surface area contributed by atoms with Gasteiger partial charge in [0.15, 0.2) is 0 Å². The lowest BCUT2D eigenvalue weighted by molar-refractivity contribution is 0.137. The molecule has 0 amide bonds. The molecular weight excluding hydrogens is 418 g/mol. The van der Waals surface area contributed by atoms with Gasteiger partial charge in [-0.3, -0.25) is 0 Å². The Balaban J connectivity index is 1.38. The maximum absolute atomic E-state index is 11.3. The quantitative estimate of drug-likeness (QED) is 0.324. The predicted molar refractivity (Wildman–Crippen MR) is 139 cm³/mol. The van der Waals surface area contributed by atoms with E-state index in [0.717, 1.165) is 33.5 Å². The first-order valence-corrected chi connectivity index (χ1v) is 11.6. The molecule has 2 aromatic heterocycles. The lowest BCUT2D eigenvalue weighted by Crippen LogP contribution is -2.22. The van der Waals surface area contributed by atoms with E-state index in [-0.39, 0.29) is 0 Å². The van der Waals surface area contributed by atoms with E-state index in [1.807, 2.05) is 42.7 Å². The summed E-state index contributed by atoms with van der Waals surface area (Å²) in [7, 11) is 0. The number of hydrogen-bond donors (Lipinski definition) is 1. The van der Waals surface area contributed by atoms with Crippen molar-refractivity contribution < 1.29 is 5.11 Å². The fourth-order valence-electron chi connectivity index (χ4n) is 4.92. The van der Waals surface area contributed by atoms with Crippen LogP contribution < -0.4 is 0 Å². The monoisotopic (exact) mass is 443 g/mol. The summed E-state index contributed by atoms with van der Waals surface area (Å²) in [5.41, 5.74) is 6.38. The number of aliphatic hydroxyl groups is 1. The molecule has 0 fully saturated rings. The fourth-order valence-corrected chi connectivity index (χ4v) is 4.92. The average Bonchev–Trinajstić information content (AvgIpc) is 3.45. The van der Waals surface area contributed by atoms with Crippen molar-refractivity contribution in [3.63, 3.8) is 0 Å². The highest BCUT2D eigenvalue weighted by molar-refractivity contribution is 6.07. The molecule has 0 radical (unpaired) electrons. The molecule has 1 atom stereocenters. The van der Waals surface area contributed by atoms with Gasteiger partial charge in [0.2, 0.25) is 0 Å². The van der Waals surface area contributed by atoms with E-state index >= 15 is 0 Å². The van der Waals surface area contributed by atoms with Crippen molar-refractivity contribution >= 4 is 21.8 Å². The summed E-state index contributed by atoms with van der Waals surface area (Å²) in [6, 6.07) is 37.3. The molecule has 4 aromatic carbocycles. The first kappa shape index (κ1) is 20.5. The lowest BCUT2D eigenvalue weighted by Gasteiger charge is -2.17. The molecular formula is C30H25N3O. The zero-order valence-electron chi connectivity index (χ0n) is 18.8. The minimum absolute atomic E-state index is 0.449. The van der Waals surface area contributed by atoms with Crippen LogP contribution in [0, 0.1) is 0 Å². The van der Waals surface area contributed by atoms with Gasteiger partial charge in [-0.1, -0.05) is 97.1 Å². The van der Waals surface area contributed by atoms with Crippen LogP contribution in [0.25, 0.3) is 44.3 Å². The number of imidazole rings is 1. The molecule has 1 unspecified atom stereocenters. The first-order chi connectivity index (χ1) is 16.8. The first-order valence-electron chi connectivity index (χ1n) is 11.6. The van der Waals surface area contributed by atoms with Crippen molar-refractivity contribution in [1.29, 1.82) is 0 Å². The summed E-state index contributed by atoms with van der Waals surface area (Å²) in [4.78, 5) is 4.76. The van der Waals surface area contributed by atoms with E-state index in [4.69, 9.17) is 4.98 Å². The van der Waals surface area contributed by atoms with Gasteiger partial charge in [-0.2, -0.15) is 0 Å². The van der Waals surface area contributed by atoms with Crippen LogP contribution in [0.15, 0.2) is 116 Å². The largest absolute Gasteiger partial charge is 0.389 e. The van der Waals surface area contributed by atoms with Crippen molar-refractivity contribution in [2.45, 2.75) is 19.2 Å². The highest BCUT2D eigenvalue weighted by atomic mass is 16.3. The number of aliphatic hydroxyl groups excluding tert-OH is 1. The minimum atomic E-state index is -0.584. The molecule has 0 aliphatic rings. The molecule has 0 aliphatic heterocycles. The van der Waals surface area contributed by atoms with Crippen molar-refractivity contribution in [2.75, 3.05) is 0 Å². The highest BCUT2D eigenvalue weighted by Gasteiger charge is 2.18. The summed E-state index contributed by atoms with van der Waals surface area (Å²) in [6.45, 7) is 0.950. The van der Waals surface area contributed by atoms with Crippen LogP contribution in [-0.4, -0.2) is 25.3 Å². The zero-order valence-corrected chi connectivity index (χ0v) is 18.8. The van der Waals surface area contributed by atoms with Gasteiger partial charge in [0.25, 0.3) is 0 Å². The minimum Gasteiger partial charge on any atom is -0.389 e. The van der Waals surface area contributed by atoms with Gasteiger partial charge in [0.1, 0.15) is 0 Å². The van der Waals surface area contributed by atoms with E-state index in [1.165, 1.54) is 10.8 Å². The second-order valence-electron chi connectivity index (χ2n) is 8.62. The third-order valence-corrected chi connectivity index (χ3v) is 6.41. The molecule has 0 bridgehead atoms. The Kier molecular flexibility index (Phi) is 5.21. The number of para-hydroxylation sites is 2. The summed E-state index contributed by atoms with van der Waals surface area (Å²) in [5, 5.41) is 13.7. The number of rotatable bonds is 6. The van der Waals surface area contributed by atoms with Crippen molar-refractivity contribution in [3.8, 4) is 22.5 Å². The van der Waals surface area contributed by atoms with E-state index in [9.17, 15) is 5.11 Å². The predicted octanol–water partition coefficient (Wildman–Crippen LogP) is 6.39. The molecule has 1 N–H and O–H groups in total. The molecule has 34 heavy (non-hydrogen) atoms. The Hall–Kier alpha value is -4.15. The molecule has 6 rings (SSSR count). The molecule has 0 aliphatic carbocycles. The number of nitrogens with zero attached hydrogens (tertiary/aromatic N) is 3. The third kappa shape index (κ3) is 3.58. The molecule has 2 heterocycles. The summed E-state index contributed by atoms with van der Waals surface area (Å²) >= 11 is 0. The maximum atomic E-state index is 11.3. The van der Waals surface area contributed by atoms with Crippen LogP contribution in [0.1, 0.15) is 0 Å². The molecule has 166 valence electrons. The summed E-state index contributed by atoms with van der Waals surface area (Å²) in [6.07, 6.45) is 1.26. The Labute approximate surface area is 198 Å². The van der Waals surface area contributed by atoms with Crippen LogP contribution in [0.3, 0.4) is 0 Å². The van der Waals surface area contributed by atoms with Crippen molar-refractivity contribution in [1.82, 2.24) is 14.1 Å². The van der Waals surface area contributed by atoms with Gasteiger partial charge in [0.05, 0.1) is 36.9 Å². The van der Waals surface area contributed by atoms with E-state index < -0.39 is 6.10 Å². The Morgan fingerprint density at radius 3 is 1.76 bits per heavy atom. The SMILES string of the molecule is OC(Cn1cnc(-c2ccccc2)c1-c1ccccc1)Cn1c2ccccc2c2ccccc21. The zero-order chi connectivity index (χ0) is 22.9.